The molecule has 0 aromatic heterocycles. The molecule has 1 aliphatic heterocycles. The van der Waals surface area contributed by atoms with Crippen LogP contribution in [0.4, 0.5) is 0 Å². The summed E-state index contributed by atoms with van der Waals surface area (Å²) in [6.07, 6.45) is 5.24. The molecule has 0 bridgehead atoms. The Morgan fingerprint density at radius 1 is 1.26 bits per heavy atom. The number of guanidine groups is 1. The molecule has 3 nitrogen and oxygen atoms in total. The van der Waals surface area contributed by atoms with E-state index in [1.54, 1.807) is 0 Å². The van der Waals surface area contributed by atoms with Gasteiger partial charge in [0.25, 0.3) is 0 Å². The van der Waals surface area contributed by atoms with Crippen molar-refractivity contribution in [3.05, 3.63) is 35.9 Å². The lowest BCUT2D eigenvalue weighted by atomic mass is 9.65. The Balaban J connectivity index is 1.60. The van der Waals surface area contributed by atoms with Crippen molar-refractivity contribution in [3.63, 3.8) is 0 Å². The van der Waals surface area contributed by atoms with Gasteiger partial charge in [-0.05, 0) is 30.2 Å². The number of nitrogens with one attached hydrogen (secondary N) is 1. The first kappa shape index (κ1) is 12.5. The van der Waals surface area contributed by atoms with Gasteiger partial charge in [-0.3, -0.25) is 4.99 Å². The van der Waals surface area contributed by atoms with Crippen molar-refractivity contribution >= 4 is 5.96 Å². The molecular formula is C16H23N3. The van der Waals surface area contributed by atoms with Crippen LogP contribution < -0.4 is 5.32 Å². The molecule has 0 atom stereocenters. The molecule has 0 amide bonds. The van der Waals surface area contributed by atoms with Crippen molar-refractivity contribution in [2.45, 2.75) is 25.7 Å². The van der Waals surface area contributed by atoms with Crippen molar-refractivity contribution < 1.29 is 0 Å². The summed E-state index contributed by atoms with van der Waals surface area (Å²) in [5.74, 6) is 1.08. The zero-order chi connectivity index (χ0) is 13.1. The lowest BCUT2D eigenvalue weighted by Gasteiger charge is -2.42. The molecule has 0 radical (unpaired) electrons. The summed E-state index contributed by atoms with van der Waals surface area (Å²) in [6, 6.07) is 10.9. The summed E-state index contributed by atoms with van der Waals surface area (Å²) < 4.78 is 0. The van der Waals surface area contributed by atoms with Gasteiger partial charge >= 0.3 is 0 Å². The Labute approximate surface area is 115 Å². The molecule has 0 spiro atoms. The van der Waals surface area contributed by atoms with Crippen LogP contribution in [0.1, 0.15) is 24.8 Å². The fraction of sp³-hybridized carbons (Fsp3) is 0.562. The quantitative estimate of drug-likeness (QED) is 0.896. The lowest BCUT2D eigenvalue weighted by Crippen LogP contribution is -2.46. The van der Waals surface area contributed by atoms with Crippen LogP contribution >= 0.6 is 0 Å². The van der Waals surface area contributed by atoms with Crippen LogP contribution in [0.5, 0.6) is 0 Å². The second-order valence-electron chi connectivity index (χ2n) is 6.00. The fourth-order valence-corrected chi connectivity index (χ4v) is 3.11. The number of hydrogen-bond donors (Lipinski definition) is 1. The van der Waals surface area contributed by atoms with Gasteiger partial charge in [0, 0.05) is 20.1 Å². The molecule has 1 aromatic carbocycles. The van der Waals surface area contributed by atoms with Gasteiger partial charge in [-0.1, -0.05) is 36.8 Å². The van der Waals surface area contributed by atoms with E-state index in [2.05, 4.69) is 52.6 Å². The Bertz CT molecular complexity index is 448. The third kappa shape index (κ3) is 2.75. The summed E-state index contributed by atoms with van der Waals surface area (Å²) in [5, 5.41) is 3.57. The Kier molecular flexibility index (Phi) is 3.45. The molecule has 1 aliphatic carbocycles. The maximum Gasteiger partial charge on any atom is 0.193 e. The number of nitrogens with zero attached hydrogens (tertiary/aromatic N) is 2. The topological polar surface area (TPSA) is 27.6 Å². The van der Waals surface area contributed by atoms with Gasteiger partial charge in [0.15, 0.2) is 5.96 Å². The average molecular weight is 257 g/mol. The van der Waals surface area contributed by atoms with Crippen LogP contribution in [0.25, 0.3) is 0 Å². The van der Waals surface area contributed by atoms with Crippen molar-refractivity contribution in [2.75, 3.05) is 26.7 Å². The van der Waals surface area contributed by atoms with Crippen molar-refractivity contribution in [3.8, 4) is 0 Å². The van der Waals surface area contributed by atoms with Crippen LogP contribution in [-0.2, 0) is 6.42 Å². The van der Waals surface area contributed by atoms with E-state index in [0.717, 1.165) is 25.6 Å². The second kappa shape index (κ2) is 5.24. The van der Waals surface area contributed by atoms with E-state index in [9.17, 15) is 0 Å². The third-order valence-corrected chi connectivity index (χ3v) is 4.52. The highest BCUT2D eigenvalue weighted by molar-refractivity contribution is 5.81. The fourth-order valence-electron chi connectivity index (χ4n) is 3.11. The van der Waals surface area contributed by atoms with Gasteiger partial charge in [0.2, 0.25) is 0 Å². The van der Waals surface area contributed by atoms with Gasteiger partial charge < -0.3 is 10.2 Å². The second-order valence-corrected chi connectivity index (χ2v) is 6.00. The first-order chi connectivity index (χ1) is 9.27. The Morgan fingerprint density at radius 2 is 2.05 bits per heavy atom. The minimum atomic E-state index is 0.452. The molecule has 1 fully saturated rings. The van der Waals surface area contributed by atoms with E-state index < -0.39 is 0 Å². The molecule has 3 rings (SSSR count). The normalized spacial score (nSPS) is 20.9. The molecule has 1 N–H and O–H groups in total. The molecule has 1 saturated carbocycles. The molecule has 0 saturated heterocycles. The van der Waals surface area contributed by atoms with E-state index in [-0.39, 0.29) is 0 Å². The van der Waals surface area contributed by atoms with E-state index in [1.807, 2.05) is 0 Å². The molecule has 1 heterocycles. The smallest absolute Gasteiger partial charge is 0.193 e. The van der Waals surface area contributed by atoms with Gasteiger partial charge in [0.05, 0.1) is 6.54 Å². The number of hydrogen-bond acceptors (Lipinski definition) is 3. The van der Waals surface area contributed by atoms with E-state index in [0.29, 0.717) is 5.41 Å². The zero-order valence-electron chi connectivity index (χ0n) is 11.7. The first-order valence-electron chi connectivity index (χ1n) is 7.31. The standard InChI is InChI=1S/C16H23N3/c1-19-11-10-17-15(19)18-13-16(8-5-9-16)12-14-6-3-2-4-7-14/h2-4,6-7H,5,8-13H2,1H3,(H,17,18). The lowest BCUT2D eigenvalue weighted by molar-refractivity contribution is 0.136. The van der Waals surface area contributed by atoms with E-state index in [4.69, 9.17) is 0 Å². The molecule has 102 valence electrons. The van der Waals surface area contributed by atoms with Gasteiger partial charge in [0.1, 0.15) is 0 Å². The average Bonchev–Trinajstić information content (AvgIpc) is 2.79. The predicted octanol–water partition coefficient (Wildman–Crippen LogP) is 2.29. The molecule has 1 aromatic rings. The Morgan fingerprint density at radius 3 is 2.63 bits per heavy atom. The van der Waals surface area contributed by atoms with Crippen molar-refractivity contribution in [2.24, 2.45) is 10.4 Å². The van der Waals surface area contributed by atoms with Crippen LogP contribution in [0, 0.1) is 5.41 Å². The van der Waals surface area contributed by atoms with Gasteiger partial charge in [-0.2, -0.15) is 0 Å². The first-order valence-corrected chi connectivity index (χ1v) is 7.31. The van der Waals surface area contributed by atoms with Crippen LogP contribution in [-0.4, -0.2) is 37.5 Å². The maximum absolute atomic E-state index is 4.52. The SMILES string of the molecule is CN1CCN=C1NCC1(Cc2ccccc2)CCC1. The van der Waals surface area contributed by atoms with E-state index in [1.165, 1.54) is 31.2 Å². The summed E-state index contributed by atoms with van der Waals surface area (Å²) in [4.78, 5) is 6.73. The van der Waals surface area contributed by atoms with Gasteiger partial charge in [-0.25, -0.2) is 0 Å². The minimum absolute atomic E-state index is 0.452. The van der Waals surface area contributed by atoms with Crippen LogP contribution in [0.3, 0.4) is 0 Å². The summed E-state index contributed by atoms with van der Waals surface area (Å²) in [5.41, 5.74) is 1.92. The number of aliphatic imine (C=N–C) groups is 1. The largest absolute Gasteiger partial charge is 0.356 e. The number of likely N-dealkylation sites (N-methyl/N-ethyl adjacent to an activating group) is 1. The highest BCUT2D eigenvalue weighted by atomic mass is 15.3. The van der Waals surface area contributed by atoms with E-state index >= 15 is 0 Å². The van der Waals surface area contributed by atoms with Crippen molar-refractivity contribution in [1.82, 2.24) is 10.2 Å². The molecule has 3 heteroatoms. The highest BCUT2D eigenvalue weighted by Gasteiger charge is 2.37. The van der Waals surface area contributed by atoms with Crippen molar-refractivity contribution in [1.29, 1.82) is 0 Å². The third-order valence-electron chi connectivity index (χ3n) is 4.52. The zero-order valence-corrected chi connectivity index (χ0v) is 11.7. The Hall–Kier alpha value is -1.51. The summed E-state index contributed by atoms with van der Waals surface area (Å²) in [7, 11) is 2.11. The van der Waals surface area contributed by atoms with Crippen LogP contribution in [0.2, 0.25) is 0 Å². The monoisotopic (exact) mass is 257 g/mol. The minimum Gasteiger partial charge on any atom is -0.356 e. The summed E-state index contributed by atoms with van der Waals surface area (Å²) >= 11 is 0. The maximum atomic E-state index is 4.52. The molecule has 19 heavy (non-hydrogen) atoms. The number of rotatable bonds is 4. The summed E-state index contributed by atoms with van der Waals surface area (Å²) in [6.45, 7) is 3.05. The predicted molar refractivity (Wildman–Crippen MR) is 79.4 cm³/mol. The highest BCUT2D eigenvalue weighted by Crippen LogP contribution is 2.43. The van der Waals surface area contributed by atoms with Gasteiger partial charge in [-0.15, -0.1) is 0 Å². The molecule has 2 aliphatic rings. The molecular weight excluding hydrogens is 234 g/mol. The molecule has 0 unspecified atom stereocenters. The number of benzene rings is 1. The van der Waals surface area contributed by atoms with Crippen LogP contribution in [0.15, 0.2) is 35.3 Å².